The Balaban J connectivity index is 2.25. The molecule has 2 rings (SSSR count). The van der Waals surface area contributed by atoms with Crippen molar-refractivity contribution in [3.05, 3.63) is 33.8 Å². The molecule has 0 bridgehead atoms. The summed E-state index contributed by atoms with van der Waals surface area (Å²) in [7, 11) is -1.68. The third-order valence-electron chi connectivity index (χ3n) is 4.38. The average Bonchev–Trinajstić information content (AvgIpc) is 2.60. The van der Waals surface area contributed by atoms with Crippen molar-refractivity contribution >= 4 is 24.2 Å². The lowest BCUT2D eigenvalue weighted by Gasteiger charge is -2.38. The molecule has 0 amide bonds. The second-order valence-electron chi connectivity index (χ2n) is 6.72. The van der Waals surface area contributed by atoms with Crippen molar-refractivity contribution in [1.29, 1.82) is 0 Å². The largest absolute Gasteiger partial charge is 0.410 e. The first kappa shape index (κ1) is 14.3. The van der Waals surface area contributed by atoms with Crippen molar-refractivity contribution in [2.45, 2.75) is 57.8 Å². The van der Waals surface area contributed by atoms with Gasteiger partial charge in [0.05, 0.1) is 6.10 Å². The van der Waals surface area contributed by atoms with E-state index >= 15 is 0 Å². The first-order valence-electron chi connectivity index (χ1n) is 6.67. The van der Waals surface area contributed by atoms with Gasteiger partial charge in [0.2, 0.25) is 0 Å². The zero-order chi connectivity index (χ0) is 13.6. The highest BCUT2D eigenvalue weighted by molar-refractivity contribution is 9.10. The summed E-state index contributed by atoms with van der Waals surface area (Å²) < 4.78 is 7.79. The maximum absolute atomic E-state index is 6.58. The highest BCUT2D eigenvalue weighted by atomic mass is 79.9. The van der Waals surface area contributed by atoms with E-state index in [-0.39, 0.29) is 11.1 Å². The molecule has 0 heterocycles. The lowest BCUT2D eigenvalue weighted by Crippen LogP contribution is -2.41. The molecule has 3 heteroatoms. The maximum atomic E-state index is 6.58. The summed E-state index contributed by atoms with van der Waals surface area (Å²) in [4.78, 5) is 0. The third kappa shape index (κ3) is 2.58. The Morgan fingerprint density at radius 1 is 1.28 bits per heavy atom. The Hall–Kier alpha value is -0.123. The summed E-state index contributed by atoms with van der Waals surface area (Å²) in [6.45, 7) is 11.6. The summed E-state index contributed by atoms with van der Waals surface area (Å²) in [5.41, 5.74) is 2.84. The van der Waals surface area contributed by atoms with E-state index in [9.17, 15) is 0 Å². The molecule has 18 heavy (non-hydrogen) atoms. The van der Waals surface area contributed by atoms with Gasteiger partial charge in [-0.3, -0.25) is 0 Å². The first-order chi connectivity index (χ1) is 8.22. The Labute approximate surface area is 120 Å². The van der Waals surface area contributed by atoms with Gasteiger partial charge in [-0.25, -0.2) is 0 Å². The van der Waals surface area contributed by atoms with Crippen molar-refractivity contribution in [3.8, 4) is 0 Å². The maximum Gasteiger partial charge on any atom is 0.192 e. The summed E-state index contributed by atoms with van der Waals surface area (Å²) in [6.07, 6.45) is 2.56. The molecule has 0 saturated carbocycles. The third-order valence-corrected chi connectivity index (χ3v) is 9.56. The molecule has 1 nitrogen and oxygen atoms in total. The summed E-state index contributed by atoms with van der Waals surface area (Å²) in [6, 6.07) is 6.49. The second kappa shape index (κ2) is 4.77. The minimum atomic E-state index is -1.68. The van der Waals surface area contributed by atoms with Gasteiger partial charge in [0.1, 0.15) is 0 Å². The van der Waals surface area contributed by atoms with E-state index in [1.165, 1.54) is 15.6 Å². The zero-order valence-corrected chi connectivity index (χ0v) is 14.6. The number of fused-ring (bicyclic) bond motifs is 1. The monoisotopic (exact) mass is 326 g/mol. The van der Waals surface area contributed by atoms with Gasteiger partial charge >= 0.3 is 0 Å². The van der Waals surface area contributed by atoms with Gasteiger partial charge < -0.3 is 4.43 Å². The van der Waals surface area contributed by atoms with Crippen LogP contribution in [0.1, 0.15) is 44.4 Å². The molecular weight excluding hydrogens is 304 g/mol. The van der Waals surface area contributed by atoms with Gasteiger partial charge in [0, 0.05) is 4.47 Å². The van der Waals surface area contributed by atoms with E-state index in [2.05, 4.69) is 68.0 Å². The van der Waals surface area contributed by atoms with Crippen molar-refractivity contribution in [2.75, 3.05) is 0 Å². The van der Waals surface area contributed by atoms with Crippen LogP contribution in [0.2, 0.25) is 18.1 Å². The molecule has 1 aromatic rings. The smallest absolute Gasteiger partial charge is 0.192 e. The van der Waals surface area contributed by atoms with Gasteiger partial charge in [-0.2, -0.15) is 0 Å². The Bertz CT molecular complexity index is 448. The second-order valence-corrected chi connectivity index (χ2v) is 12.3. The van der Waals surface area contributed by atoms with Crippen LogP contribution in [0, 0.1) is 0 Å². The molecule has 0 saturated heterocycles. The van der Waals surface area contributed by atoms with Crippen molar-refractivity contribution in [2.24, 2.45) is 0 Å². The van der Waals surface area contributed by atoms with Crippen LogP contribution in [-0.2, 0) is 10.8 Å². The minimum absolute atomic E-state index is 0.275. The molecule has 100 valence electrons. The Kier molecular flexibility index (Phi) is 3.78. The fourth-order valence-electron chi connectivity index (χ4n) is 2.24. The molecule has 1 aliphatic rings. The lowest BCUT2D eigenvalue weighted by molar-refractivity contribution is 0.184. The first-order valence-corrected chi connectivity index (χ1v) is 10.4. The molecular formula is C15H23BrOSi. The zero-order valence-electron chi connectivity index (χ0n) is 12.0. The summed E-state index contributed by atoms with van der Waals surface area (Å²) in [5.74, 6) is 0. The van der Waals surface area contributed by atoms with E-state index in [0.29, 0.717) is 0 Å². The standard InChI is InChI=1S/C15H23BrOSi/c1-15(2,3)18(4,5)17-13-10-9-11-7-6-8-12(16)14(11)13/h6-8,13H,9-10H2,1-5H3. The van der Waals surface area contributed by atoms with Crippen molar-refractivity contribution in [1.82, 2.24) is 0 Å². The summed E-state index contributed by atoms with van der Waals surface area (Å²) in [5, 5.41) is 0.275. The molecule has 0 fully saturated rings. The lowest BCUT2D eigenvalue weighted by atomic mass is 10.1. The van der Waals surface area contributed by atoms with Gasteiger partial charge in [-0.05, 0) is 48.2 Å². The van der Waals surface area contributed by atoms with E-state index in [1.54, 1.807) is 0 Å². The van der Waals surface area contributed by atoms with E-state index in [0.717, 1.165) is 12.8 Å². The van der Waals surface area contributed by atoms with Crippen LogP contribution in [-0.4, -0.2) is 8.32 Å². The summed E-state index contributed by atoms with van der Waals surface area (Å²) >= 11 is 3.68. The molecule has 0 spiro atoms. The number of benzene rings is 1. The van der Waals surface area contributed by atoms with Crippen LogP contribution in [0.25, 0.3) is 0 Å². The highest BCUT2D eigenvalue weighted by Crippen LogP contribution is 2.45. The predicted octanol–water partition coefficient (Wildman–Crippen LogP) is 5.46. The van der Waals surface area contributed by atoms with E-state index in [4.69, 9.17) is 4.43 Å². The SMILES string of the molecule is CC(C)(C)[Si](C)(C)OC1CCc2cccc(Br)c21. The van der Waals surface area contributed by atoms with Gasteiger partial charge in [0.25, 0.3) is 0 Å². The predicted molar refractivity (Wildman–Crippen MR) is 83.5 cm³/mol. The number of hydrogen-bond acceptors (Lipinski definition) is 1. The number of rotatable bonds is 2. The van der Waals surface area contributed by atoms with Crippen molar-refractivity contribution < 1.29 is 4.43 Å². The quantitative estimate of drug-likeness (QED) is 0.656. The molecule has 0 aliphatic heterocycles. The van der Waals surface area contributed by atoms with Crippen molar-refractivity contribution in [3.63, 3.8) is 0 Å². The van der Waals surface area contributed by atoms with Crippen LogP contribution in [0.4, 0.5) is 0 Å². The van der Waals surface area contributed by atoms with Crippen LogP contribution in [0.15, 0.2) is 22.7 Å². The average molecular weight is 327 g/mol. The molecule has 0 aromatic heterocycles. The Morgan fingerprint density at radius 3 is 2.56 bits per heavy atom. The fourth-order valence-corrected chi connectivity index (χ4v) is 4.20. The van der Waals surface area contributed by atoms with Crippen LogP contribution >= 0.6 is 15.9 Å². The molecule has 1 atom stereocenters. The molecule has 0 radical (unpaired) electrons. The highest BCUT2D eigenvalue weighted by Gasteiger charge is 2.41. The molecule has 1 aromatic carbocycles. The fraction of sp³-hybridized carbons (Fsp3) is 0.600. The van der Waals surface area contributed by atoms with Gasteiger partial charge in [-0.1, -0.05) is 48.8 Å². The molecule has 1 unspecified atom stereocenters. The molecule has 1 aliphatic carbocycles. The topological polar surface area (TPSA) is 9.23 Å². The van der Waals surface area contributed by atoms with Crippen LogP contribution < -0.4 is 0 Å². The van der Waals surface area contributed by atoms with Gasteiger partial charge in [0.15, 0.2) is 8.32 Å². The number of halogens is 1. The minimum Gasteiger partial charge on any atom is -0.410 e. The molecule has 0 N–H and O–H groups in total. The number of hydrogen-bond donors (Lipinski definition) is 0. The normalized spacial score (nSPS) is 20.0. The van der Waals surface area contributed by atoms with E-state index in [1.807, 2.05) is 0 Å². The van der Waals surface area contributed by atoms with E-state index < -0.39 is 8.32 Å². The number of aryl methyl sites for hydroxylation is 1. The van der Waals surface area contributed by atoms with Crippen LogP contribution in [0.3, 0.4) is 0 Å². The Morgan fingerprint density at radius 2 is 1.94 bits per heavy atom. The van der Waals surface area contributed by atoms with Crippen LogP contribution in [0.5, 0.6) is 0 Å². The van der Waals surface area contributed by atoms with Gasteiger partial charge in [-0.15, -0.1) is 0 Å².